The summed E-state index contributed by atoms with van der Waals surface area (Å²) in [5, 5.41) is 1.47. The molecule has 2 aliphatic heterocycles. The van der Waals surface area contributed by atoms with E-state index in [2.05, 4.69) is 71.0 Å². The molecule has 0 saturated heterocycles. The van der Waals surface area contributed by atoms with Crippen molar-refractivity contribution < 1.29 is 0 Å². The standard InChI is InChI=1S/C23H24N2.ClH/c1-2-3-14-24-15-13-22-20(16-24)19-9-6-8-18-12-11-17-7-4-5-10-21(17)25(22)23(18)19;/h2-10H,11-16H2,1H3;1H/b3-2+;. The smallest absolute Gasteiger partial charge is 0.0567 e. The summed E-state index contributed by atoms with van der Waals surface area (Å²) in [6, 6.07) is 15.9. The Morgan fingerprint density at radius 1 is 0.962 bits per heavy atom. The number of rotatable bonds is 2. The van der Waals surface area contributed by atoms with Gasteiger partial charge in [0.1, 0.15) is 0 Å². The summed E-state index contributed by atoms with van der Waals surface area (Å²) < 4.78 is 2.59. The van der Waals surface area contributed by atoms with Gasteiger partial charge in [-0.25, -0.2) is 0 Å². The fourth-order valence-electron chi connectivity index (χ4n) is 4.62. The second kappa shape index (κ2) is 6.94. The predicted octanol–water partition coefficient (Wildman–Crippen LogP) is 5.09. The van der Waals surface area contributed by atoms with E-state index in [1.54, 1.807) is 5.56 Å². The molecule has 0 atom stereocenters. The lowest BCUT2D eigenvalue weighted by Gasteiger charge is -2.27. The Hall–Kier alpha value is -2.03. The van der Waals surface area contributed by atoms with Crippen LogP contribution >= 0.6 is 12.4 Å². The molecule has 3 heteroatoms. The molecule has 26 heavy (non-hydrogen) atoms. The average Bonchev–Trinajstić information content (AvgIpc) is 2.88. The minimum Gasteiger partial charge on any atom is -0.313 e. The van der Waals surface area contributed by atoms with Crippen LogP contribution in [-0.2, 0) is 25.8 Å². The Kier molecular flexibility index (Phi) is 4.64. The SMILES string of the molecule is C/C=C/CN1CCc2c(c3cccc4c3n2-c2ccccc2CC4)C1.Cl. The maximum atomic E-state index is 2.59. The molecule has 0 spiro atoms. The van der Waals surface area contributed by atoms with Gasteiger partial charge in [0.25, 0.3) is 0 Å². The van der Waals surface area contributed by atoms with Crippen LogP contribution in [0.25, 0.3) is 16.6 Å². The topological polar surface area (TPSA) is 8.17 Å². The molecule has 0 saturated carbocycles. The highest BCUT2D eigenvalue weighted by molar-refractivity contribution is 5.91. The minimum atomic E-state index is 0. The molecule has 2 aromatic carbocycles. The summed E-state index contributed by atoms with van der Waals surface area (Å²) in [7, 11) is 0. The lowest BCUT2D eigenvalue weighted by atomic mass is 9.99. The highest BCUT2D eigenvalue weighted by atomic mass is 35.5. The molecular weight excluding hydrogens is 340 g/mol. The van der Waals surface area contributed by atoms with Crippen LogP contribution in [0.2, 0.25) is 0 Å². The molecule has 5 rings (SSSR count). The third-order valence-corrected chi connectivity index (χ3v) is 5.83. The summed E-state index contributed by atoms with van der Waals surface area (Å²) in [4.78, 5) is 2.57. The molecule has 0 aliphatic carbocycles. The number of hydrogen-bond acceptors (Lipinski definition) is 1. The Bertz CT molecular complexity index is 983. The van der Waals surface area contributed by atoms with Crippen LogP contribution in [0, 0.1) is 0 Å². The number of aromatic nitrogens is 1. The molecular formula is C23H25ClN2. The third kappa shape index (κ3) is 2.60. The fourth-order valence-corrected chi connectivity index (χ4v) is 4.62. The van der Waals surface area contributed by atoms with Gasteiger partial charge in [0, 0.05) is 42.8 Å². The van der Waals surface area contributed by atoms with Crippen molar-refractivity contribution in [3.8, 4) is 5.69 Å². The molecule has 0 fully saturated rings. The van der Waals surface area contributed by atoms with Crippen molar-refractivity contribution in [3.63, 3.8) is 0 Å². The largest absolute Gasteiger partial charge is 0.313 e. The highest BCUT2D eigenvalue weighted by Crippen LogP contribution is 2.38. The van der Waals surface area contributed by atoms with Crippen LogP contribution in [0.1, 0.15) is 29.3 Å². The molecule has 2 aliphatic rings. The van der Waals surface area contributed by atoms with Crippen LogP contribution in [0.3, 0.4) is 0 Å². The van der Waals surface area contributed by atoms with Gasteiger partial charge in [-0.1, -0.05) is 48.6 Å². The van der Waals surface area contributed by atoms with Gasteiger partial charge >= 0.3 is 0 Å². The lowest BCUT2D eigenvalue weighted by molar-refractivity contribution is 0.280. The van der Waals surface area contributed by atoms with Crippen molar-refractivity contribution in [2.45, 2.75) is 32.7 Å². The quantitative estimate of drug-likeness (QED) is 0.575. The van der Waals surface area contributed by atoms with Crippen molar-refractivity contribution in [3.05, 3.63) is 77.0 Å². The Morgan fingerprint density at radius 2 is 1.77 bits per heavy atom. The molecule has 3 aromatic rings. The molecule has 1 aromatic heterocycles. The van der Waals surface area contributed by atoms with E-state index in [1.165, 1.54) is 33.4 Å². The molecule has 0 N–H and O–H groups in total. The van der Waals surface area contributed by atoms with Crippen LogP contribution in [0.5, 0.6) is 0 Å². The van der Waals surface area contributed by atoms with Gasteiger partial charge in [-0.15, -0.1) is 12.4 Å². The average molecular weight is 365 g/mol. The number of allylic oxidation sites excluding steroid dienone is 1. The number of aryl methyl sites for hydroxylation is 2. The molecule has 0 unspecified atom stereocenters. The molecule has 2 nitrogen and oxygen atoms in total. The summed E-state index contributed by atoms with van der Waals surface area (Å²) in [6.07, 6.45) is 7.84. The van der Waals surface area contributed by atoms with E-state index < -0.39 is 0 Å². The van der Waals surface area contributed by atoms with E-state index in [-0.39, 0.29) is 12.4 Å². The monoisotopic (exact) mass is 364 g/mol. The van der Waals surface area contributed by atoms with Gasteiger partial charge < -0.3 is 4.57 Å². The van der Waals surface area contributed by atoms with E-state index in [9.17, 15) is 0 Å². The summed E-state index contributed by atoms with van der Waals surface area (Å²) in [6.45, 7) is 5.37. The van der Waals surface area contributed by atoms with Gasteiger partial charge in [-0.3, -0.25) is 4.90 Å². The van der Waals surface area contributed by atoms with Crippen molar-refractivity contribution in [2.75, 3.05) is 13.1 Å². The van der Waals surface area contributed by atoms with E-state index in [0.717, 1.165) is 38.9 Å². The van der Waals surface area contributed by atoms with E-state index in [1.807, 2.05) is 0 Å². The van der Waals surface area contributed by atoms with Gasteiger partial charge in [-0.2, -0.15) is 0 Å². The first kappa shape index (κ1) is 17.4. The normalized spacial score (nSPS) is 16.2. The van der Waals surface area contributed by atoms with Crippen LogP contribution < -0.4 is 0 Å². The van der Waals surface area contributed by atoms with Gasteiger partial charge in [-0.05, 0) is 42.5 Å². The number of halogens is 1. The first-order valence-electron chi connectivity index (χ1n) is 9.42. The van der Waals surface area contributed by atoms with Crippen LogP contribution in [0.4, 0.5) is 0 Å². The van der Waals surface area contributed by atoms with Gasteiger partial charge in [0.2, 0.25) is 0 Å². The molecule has 0 amide bonds. The zero-order valence-corrected chi connectivity index (χ0v) is 16.1. The second-order valence-corrected chi connectivity index (χ2v) is 7.26. The first-order valence-corrected chi connectivity index (χ1v) is 9.42. The summed E-state index contributed by atoms with van der Waals surface area (Å²) in [5.41, 5.74) is 8.93. The lowest BCUT2D eigenvalue weighted by Crippen LogP contribution is -2.31. The Labute approximate surface area is 161 Å². The predicted molar refractivity (Wildman–Crippen MR) is 112 cm³/mol. The number of benzene rings is 2. The van der Waals surface area contributed by atoms with Crippen molar-refractivity contribution in [1.82, 2.24) is 9.47 Å². The number of para-hydroxylation sites is 2. The molecule has 0 bridgehead atoms. The zero-order valence-electron chi connectivity index (χ0n) is 15.2. The number of hydrogen-bond donors (Lipinski definition) is 0. The van der Waals surface area contributed by atoms with Crippen molar-refractivity contribution in [2.24, 2.45) is 0 Å². The minimum absolute atomic E-state index is 0. The summed E-state index contributed by atoms with van der Waals surface area (Å²) >= 11 is 0. The molecule has 0 radical (unpaired) electrons. The van der Waals surface area contributed by atoms with E-state index in [0.29, 0.717) is 0 Å². The fraction of sp³-hybridized carbons (Fsp3) is 0.304. The van der Waals surface area contributed by atoms with Crippen LogP contribution in [-0.4, -0.2) is 22.6 Å². The second-order valence-electron chi connectivity index (χ2n) is 7.26. The molecule has 3 heterocycles. The Morgan fingerprint density at radius 3 is 2.65 bits per heavy atom. The number of fused-ring (bicyclic) bond motifs is 5. The highest BCUT2D eigenvalue weighted by Gasteiger charge is 2.27. The Balaban J connectivity index is 0.00000168. The van der Waals surface area contributed by atoms with E-state index >= 15 is 0 Å². The summed E-state index contributed by atoms with van der Waals surface area (Å²) in [5.74, 6) is 0. The van der Waals surface area contributed by atoms with Crippen LogP contribution in [0.15, 0.2) is 54.6 Å². The van der Waals surface area contributed by atoms with Crippen molar-refractivity contribution >= 4 is 23.3 Å². The third-order valence-electron chi connectivity index (χ3n) is 5.83. The van der Waals surface area contributed by atoms with E-state index in [4.69, 9.17) is 0 Å². The molecule has 134 valence electrons. The van der Waals surface area contributed by atoms with Crippen molar-refractivity contribution in [1.29, 1.82) is 0 Å². The van der Waals surface area contributed by atoms with Gasteiger partial charge in [0.15, 0.2) is 0 Å². The first-order chi connectivity index (χ1) is 12.4. The zero-order chi connectivity index (χ0) is 16.8. The maximum Gasteiger partial charge on any atom is 0.0567 e. The number of nitrogens with zero attached hydrogens (tertiary/aromatic N) is 2. The maximum absolute atomic E-state index is 2.59. The van der Waals surface area contributed by atoms with Gasteiger partial charge in [0.05, 0.1) is 5.52 Å².